The molecule has 147 heavy (non-hydrogen) atoms. The quantitative estimate of drug-likeness (QED) is 0.00479. The van der Waals surface area contributed by atoms with Crippen LogP contribution in [-0.4, -0.2) is 242 Å². The number of piperidine rings is 5. The average molecular weight is 2190 g/mol. The molecule has 1 saturated carbocycles. The number of ether oxygens (including phenoxy) is 4. The molecule has 0 bridgehead atoms. The van der Waals surface area contributed by atoms with Crippen LogP contribution in [0.4, 0.5) is 49.1 Å². The van der Waals surface area contributed by atoms with Gasteiger partial charge in [0, 0.05) is 101 Å². The molecule has 6 aromatic carbocycles. The highest BCUT2D eigenvalue weighted by molar-refractivity contribution is 6.64. The minimum atomic E-state index is -1.16. The highest BCUT2D eigenvalue weighted by Gasteiger charge is 2.32. The molecule has 12 rings (SSSR count). The van der Waals surface area contributed by atoms with Crippen molar-refractivity contribution in [2.45, 2.75) is 184 Å². The van der Waals surface area contributed by atoms with Gasteiger partial charge in [0.2, 0.25) is 28.9 Å². The molecule has 43 heteroatoms. The van der Waals surface area contributed by atoms with Gasteiger partial charge in [0.1, 0.15) is 30.3 Å². The van der Waals surface area contributed by atoms with Gasteiger partial charge in [-0.3, -0.25) is 71.9 Å². The van der Waals surface area contributed by atoms with Crippen LogP contribution in [0, 0.1) is 74.8 Å². The summed E-state index contributed by atoms with van der Waals surface area (Å²) in [5, 5.41) is 29.3. The average Bonchev–Trinajstić information content (AvgIpc) is 0.856. The second kappa shape index (κ2) is 75.2. The van der Waals surface area contributed by atoms with E-state index in [0.717, 1.165) is 90.4 Å². The van der Waals surface area contributed by atoms with Crippen molar-refractivity contribution in [3.63, 3.8) is 0 Å². The topological polar surface area (TPSA) is 438 Å². The SMILES string of the molecule is CC(=O)CC(=O)Nc1ccc(C)c(Cl)c1.CCOC(=O)C1CCCCC1.CCOC(=O)C1CCN(C(=O)CF)CC1.CCOC(=O)COC=O.Cc1ccc(N)cc1Cl.Cc1ccc(NC(=O)CC(=O)N2CCC(Cc3ccc(F)cc3)CC2)cc1Cl.Cc1ccc(NC(=O)CC(=O)O)cc1Cl.Fc1ccc(CC2CCNCC2)cc1.O=C(Cl)C1CCN(C(=O)CF)CC1.O=C(Cl)CF.O=C(O)C1CCN(C(=O)CF)CC1. The lowest BCUT2D eigenvalue weighted by molar-refractivity contribution is -0.152. The number of carbonyl (C=O) groups excluding carboxylic acids is 14. The van der Waals surface area contributed by atoms with Crippen LogP contribution in [0.2, 0.25) is 20.1 Å². The van der Waals surface area contributed by atoms with Crippen molar-refractivity contribution in [2.24, 2.45) is 35.5 Å². The van der Waals surface area contributed by atoms with E-state index < -0.39 is 79.9 Å². The molecule has 6 aliphatic rings. The van der Waals surface area contributed by atoms with Gasteiger partial charge in [-0.1, -0.05) is 114 Å². The number of nitrogens with zero attached hydrogens (tertiary/aromatic N) is 4. The molecule has 0 aromatic heterocycles. The number of ketones is 1. The summed E-state index contributed by atoms with van der Waals surface area (Å²) in [6, 6.07) is 34.5. The van der Waals surface area contributed by atoms with Gasteiger partial charge in [0.25, 0.3) is 29.4 Å². The summed E-state index contributed by atoms with van der Waals surface area (Å²) in [4.78, 5) is 179. The molecule has 5 heterocycles. The number of nitrogens with one attached hydrogen (secondary N) is 4. The maximum Gasteiger partial charge on any atom is 0.344 e. The normalized spacial score (nSPS) is 14.5. The van der Waals surface area contributed by atoms with Crippen LogP contribution in [0.5, 0.6) is 0 Å². The number of likely N-dealkylation sites (tertiary alicyclic amines) is 4. The second-order valence-electron chi connectivity index (χ2n) is 34.4. The van der Waals surface area contributed by atoms with E-state index in [1.807, 2.05) is 83.1 Å². The number of amides is 7. The first-order valence-corrected chi connectivity index (χ1v) is 50.2. The largest absolute Gasteiger partial charge is 0.481 e. The van der Waals surface area contributed by atoms with E-state index >= 15 is 0 Å². The highest BCUT2D eigenvalue weighted by Crippen LogP contribution is 2.30. The van der Waals surface area contributed by atoms with Crippen LogP contribution >= 0.6 is 69.6 Å². The first-order chi connectivity index (χ1) is 69.8. The van der Waals surface area contributed by atoms with Gasteiger partial charge < -0.3 is 75.8 Å². The van der Waals surface area contributed by atoms with Crippen molar-refractivity contribution in [2.75, 3.05) is 140 Å². The number of esters is 3. The van der Waals surface area contributed by atoms with E-state index in [9.17, 15) is 103 Å². The fourth-order valence-corrected chi connectivity index (χ4v) is 15.7. The standard InChI is InChI=1S/C22H24ClFN2O2.C12H16FN.C11H12ClNO2.C10H10ClNO3.C10H16FNO3.C9H16O2.C8H11ClFNO2.C8H12FNO3.C7H8ClN.C5H8O4.C2H2ClFO/c1-15-2-7-19(13-20(15)23)25-21(27)14-22(28)26-10-8-17(9-11-26)12-16-3-5-18(24)6-4-16;13-12-3-1-10(2-4-12)9-11-5-7-14-8-6-11;1-7-3-4-9(6-10(7)12)13-11(15)5-8(2)14;1-6-2-3-7(4-8(6)11)12-9(13)5-10(14)15;1-2-15-10(14)8-3-5-12(6-4-8)9(13)7-11;1-2-11-9(10)8-6-4-3-5-7-8;9-8(13)6-1-3-11(4-2-6)7(12)5-10;9-5-7(11)10-3-1-6(2-4-10)8(12)13;1-5-2-3-6(9)4-7(5)8;1-2-9-5(7)3-8-4-6;3-2(5)1-4/h2-7,13,17H,8-12,14H2,1H3,(H,25,27);1-4,11,14H,5-9H2;3-4,6H,5H2,1-2H3,(H,13,15);2-4H,5H2,1H3,(H,12,13)(H,14,15);8H,2-7H2,1H3;8H,2-7H2,1H3;6H,1-5H2;6H,1-5H2,(H,12,13);2-4H,9H2,1H3;4H,2-3H2,1H3;1H2. The zero-order valence-electron chi connectivity index (χ0n) is 83.9. The zero-order valence-corrected chi connectivity index (χ0v) is 88.5. The first-order valence-electron chi connectivity index (χ1n) is 47.9. The Kier molecular flexibility index (Phi) is 67.4. The fraction of sp³-hybridized carbons (Fsp3) is 0.500. The summed E-state index contributed by atoms with van der Waals surface area (Å²) in [6.07, 6.45) is 14.3. The molecule has 6 fully saturated rings. The number of rotatable bonds is 27. The summed E-state index contributed by atoms with van der Waals surface area (Å²) < 4.78 is 90.6. The van der Waals surface area contributed by atoms with Crippen molar-refractivity contribution in [1.82, 2.24) is 24.9 Å². The number of carboxylic acid groups (broad SMARTS) is 2. The number of nitrogens with two attached hydrogens (primary N) is 1. The van der Waals surface area contributed by atoms with Gasteiger partial charge in [-0.2, -0.15) is 0 Å². The van der Waals surface area contributed by atoms with Crippen LogP contribution in [0.25, 0.3) is 0 Å². The molecule has 812 valence electrons. The van der Waals surface area contributed by atoms with E-state index in [4.69, 9.17) is 83.4 Å². The molecule has 6 aromatic rings. The third-order valence-electron chi connectivity index (χ3n) is 23.0. The number of halogens is 12. The number of aryl methyl sites for hydroxylation is 4. The first kappa shape index (κ1) is 132. The molecule has 7 amide bonds. The second-order valence-corrected chi connectivity index (χ2v) is 36.8. The molecular formula is C104H135Cl6F6N9O22. The Morgan fingerprint density at radius 3 is 1.08 bits per heavy atom. The maximum atomic E-state index is 13.0. The van der Waals surface area contributed by atoms with Crippen LogP contribution in [0.3, 0.4) is 0 Å². The van der Waals surface area contributed by atoms with Gasteiger partial charge in [-0.25, -0.2) is 31.1 Å². The number of hydrogen-bond acceptors (Lipinski definition) is 22. The Bertz CT molecular complexity index is 5000. The lowest BCUT2D eigenvalue weighted by Gasteiger charge is -2.32. The number of Topliss-reactive ketones (excluding diaryl/α,β-unsaturated/α-hetero) is 1. The molecule has 5 aliphatic heterocycles. The number of hydrogen-bond donors (Lipinski definition) is 7. The fourth-order valence-electron chi connectivity index (χ4n) is 14.7. The van der Waals surface area contributed by atoms with Crippen LogP contribution in [-0.2, 0) is 109 Å². The van der Waals surface area contributed by atoms with Gasteiger partial charge in [-0.15, -0.1) is 0 Å². The van der Waals surface area contributed by atoms with Crippen LogP contribution < -0.4 is 27.0 Å². The van der Waals surface area contributed by atoms with Crippen LogP contribution in [0.15, 0.2) is 121 Å². The molecule has 0 unspecified atom stereocenters. The lowest BCUT2D eigenvalue weighted by atomic mass is 9.89. The summed E-state index contributed by atoms with van der Waals surface area (Å²) in [5.41, 5.74) is 14.1. The predicted octanol–water partition coefficient (Wildman–Crippen LogP) is 18.4. The Labute approximate surface area is 884 Å². The molecule has 0 spiro atoms. The summed E-state index contributed by atoms with van der Waals surface area (Å²) in [6.45, 7) is 17.4. The number of nitrogen functional groups attached to an aromatic ring is 1. The van der Waals surface area contributed by atoms with E-state index in [1.54, 1.807) is 79.4 Å². The molecule has 8 N–H and O–H groups in total. The van der Waals surface area contributed by atoms with Gasteiger partial charge >= 0.3 is 29.8 Å². The monoisotopic (exact) mass is 2190 g/mol. The number of anilines is 4. The summed E-state index contributed by atoms with van der Waals surface area (Å²) in [5.74, 6) is -5.33. The smallest absolute Gasteiger partial charge is 0.344 e. The Hall–Kier alpha value is -11.5. The third-order valence-corrected chi connectivity index (χ3v) is 25.0. The number of carboxylic acids is 2. The van der Waals surface area contributed by atoms with Crippen molar-refractivity contribution in [3.8, 4) is 0 Å². The van der Waals surface area contributed by atoms with Crippen LogP contribution in [0.1, 0.15) is 177 Å². The minimum absolute atomic E-state index is 0.0206. The van der Waals surface area contributed by atoms with Gasteiger partial charge in [0.15, 0.2) is 33.3 Å². The van der Waals surface area contributed by atoms with Gasteiger partial charge in [-0.05, 0) is 300 Å². The number of aliphatic carboxylic acids is 2. The molecule has 0 atom stereocenters. The predicted molar refractivity (Wildman–Crippen MR) is 552 cm³/mol. The molecular weight excluding hydrogens is 2050 g/mol. The van der Waals surface area contributed by atoms with Crippen molar-refractivity contribution < 1.29 is 132 Å². The van der Waals surface area contributed by atoms with Crippen molar-refractivity contribution in [3.05, 3.63) is 186 Å². The number of alkyl halides is 4. The molecule has 5 saturated heterocycles. The molecule has 31 nitrogen and oxygen atoms in total. The Morgan fingerprint density at radius 1 is 0.422 bits per heavy atom. The summed E-state index contributed by atoms with van der Waals surface area (Å²) in [7, 11) is 0. The van der Waals surface area contributed by atoms with Crippen molar-refractivity contribution in [1.29, 1.82) is 0 Å². The van der Waals surface area contributed by atoms with Crippen molar-refractivity contribution >= 4 is 186 Å². The van der Waals surface area contributed by atoms with E-state index in [0.29, 0.717) is 154 Å². The van der Waals surface area contributed by atoms with E-state index in [2.05, 4.69) is 42.3 Å². The lowest BCUT2D eigenvalue weighted by Crippen LogP contribution is -2.41. The molecule has 1 aliphatic carbocycles. The highest BCUT2D eigenvalue weighted by atomic mass is 35.5. The van der Waals surface area contributed by atoms with E-state index in [-0.39, 0.29) is 102 Å². The molecule has 0 radical (unpaired) electrons. The number of carbonyl (C=O) groups is 16. The summed E-state index contributed by atoms with van der Waals surface area (Å²) >= 11 is 33.3. The Balaban J connectivity index is 0.000000558. The Morgan fingerprint density at radius 2 is 0.755 bits per heavy atom. The van der Waals surface area contributed by atoms with E-state index in [1.165, 1.54) is 71.4 Å². The zero-order chi connectivity index (χ0) is 110. The van der Waals surface area contributed by atoms with Gasteiger partial charge in [0.05, 0.1) is 44.0 Å². The number of benzene rings is 6. The third kappa shape index (κ3) is 58.2. The minimum Gasteiger partial charge on any atom is -0.481 e. The maximum absolute atomic E-state index is 13.0.